The van der Waals surface area contributed by atoms with Crippen molar-refractivity contribution < 1.29 is 42.7 Å². The van der Waals surface area contributed by atoms with Crippen molar-refractivity contribution in [3.63, 3.8) is 0 Å². The fraction of sp³-hybridized carbons (Fsp3) is 0.978. The van der Waals surface area contributed by atoms with E-state index in [-0.39, 0.29) is 31.0 Å². The molecule has 2 aliphatic heterocycles. The van der Waals surface area contributed by atoms with E-state index in [9.17, 15) is 4.79 Å². The molecule has 0 radical (unpaired) electrons. The van der Waals surface area contributed by atoms with Crippen LogP contribution >= 0.6 is 0 Å². The number of unbranched alkanes of at least 4 members (excludes halogenated alkanes) is 15. The molecule has 2 fully saturated rings. The van der Waals surface area contributed by atoms with Crippen molar-refractivity contribution in [3.05, 3.63) is 0 Å². The maximum atomic E-state index is 13.2. The highest BCUT2D eigenvalue weighted by molar-refractivity contribution is 5.67. The van der Waals surface area contributed by atoms with Crippen molar-refractivity contribution in [3.8, 4) is 0 Å². The molecule has 10 heteroatoms. The van der Waals surface area contributed by atoms with E-state index in [1.807, 2.05) is 13.8 Å². The summed E-state index contributed by atoms with van der Waals surface area (Å²) in [6.45, 7) is 19.2. The van der Waals surface area contributed by atoms with E-state index in [1.54, 1.807) is 0 Å². The molecular formula is C45H87NO9. The van der Waals surface area contributed by atoms with Gasteiger partial charge in [0.15, 0.2) is 12.1 Å². The van der Waals surface area contributed by atoms with E-state index in [0.717, 1.165) is 77.0 Å². The molecular weight excluding hydrogens is 698 g/mol. The largest absolute Gasteiger partial charge is 0.450 e. The van der Waals surface area contributed by atoms with Gasteiger partial charge in [-0.1, -0.05) is 144 Å². The maximum Gasteiger partial charge on any atom is 0.407 e. The molecule has 55 heavy (non-hydrogen) atoms. The lowest BCUT2D eigenvalue weighted by Crippen LogP contribution is -2.61. The minimum absolute atomic E-state index is 0.139. The number of nitrogens with one attached hydrogen (secondary N) is 1. The van der Waals surface area contributed by atoms with Gasteiger partial charge in [-0.15, -0.1) is 0 Å². The van der Waals surface area contributed by atoms with Crippen LogP contribution in [-0.2, 0) is 37.9 Å². The molecule has 8 atom stereocenters. The van der Waals surface area contributed by atoms with Crippen LogP contribution in [0, 0.1) is 0 Å². The van der Waals surface area contributed by atoms with Crippen molar-refractivity contribution in [2.45, 2.75) is 251 Å². The summed E-state index contributed by atoms with van der Waals surface area (Å²) in [5.74, 6) is -0.791. The zero-order valence-electron chi connectivity index (χ0n) is 36.9. The predicted molar refractivity (Wildman–Crippen MR) is 222 cm³/mol. The van der Waals surface area contributed by atoms with Gasteiger partial charge in [0.1, 0.15) is 24.4 Å². The second kappa shape index (κ2) is 31.0. The van der Waals surface area contributed by atoms with Gasteiger partial charge in [-0.25, -0.2) is 4.79 Å². The first-order valence-electron chi connectivity index (χ1n) is 23.2. The number of hydrogen-bond donors (Lipinski definition) is 1. The van der Waals surface area contributed by atoms with Crippen LogP contribution in [0.1, 0.15) is 197 Å². The highest BCUT2D eigenvalue weighted by Crippen LogP contribution is 2.35. The van der Waals surface area contributed by atoms with Crippen LogP contribution in [0.4, 0.5) is 4.79 Å². The minimum atomic E-state index is -0.791. The fourth-order valence-electron chi connectivity index (χ4n) is 7.53. The lowest BCUT2D eigenvalue weighted by molar-refractivity contribution is -0.320. The summed E-state index contributed by atoms with van der Waals surface area (Å²) in [6, 6.07) is -0.531. The zero-order chi connectivity index (χ0) is 40.2. The summed E-state index contributed by atoms with van der Waals surface area (Å²) in [7, 11) is 0. The maximum absolute atomic E-state index is 13.2. The predicted octanol–water partition coefficient (Wildman–Crippen LogP) is 11.2. The number of amides is 1. The summed E-state index contributed by atoms with van der Waals surface area (Å²) >= 11 is 0. The van der Waals surface area contributed by atoms with E-state index in [4.69, 9.17) is 37.9 Å². The molecule has 326 valence electrons. The van der Waals surface area contributed by atoms with Crippen molar-refractivity contribution in [2.24, 2.45) is 0 Å². The van der Waals surface area contributed by atoms with E-state index in [0.29, 0.717) is 26.4 Å². The quantitative estimate of drug-likeness (QED) is 0.0639. The number of hydrogen-bond acceptors (Lipinski definition) is 9. The van der Waals surface area contributed by atoms with E-state index < -0.39 is 36.4 Å². The van der Waals surface area contributed by atoms with Crippen molar-refractivity contribution in [2.75, 3.05) is 33.0 Å². The van der Waals surface area contributed by atoms with Gasteiger partial charge in [0.2, 0.25) is 0 Å². The number of rotatable bonds is 34. The highest BCUT2D eigenvalue weighted by Gasteiger charge is 2.50. The van der Waals surface area contributed by atoms with Gasteiger partial charge in [0.05, 0.1) is 31.5 Å². The van der Waals surface area contributed by atoms with Crippen molar-refractivity contribution in [1.82, 2.24) is 5.32 Å². The van der Waals surface area contributed by atoms with Gasteiger partial charge in [0.25, 0.3) is 0 Å². The molecule has 0 aromatic rings. The highest BCUT2D eigenvalue weighted by atomic mass is 16.8. The SMILES string of the molecule is CCCCCCCCCCCCCC[C@H]1OC(C)(C)O[C@H]1[C@H](COC1OC(CC)C(OCCCC)C(OCCCC)C1OCCCC)NC(=O)OCCCC. The molecule has 10 nitrogen and oxygen atoms in total. The number of carbonyl (C=O) groups excluding carboxylic acids is 1. The lowest BCUT2D eigenvalue weighted by Gasteiger charge is -2.46. The van der Waals surface area contributed by atoms with Crippen LogP contribution in [0.5, 0.6) is 0 Å². The van der Waals surface area contributed by atoms with Crippen molar-refractivity contribution in [1.29, 1.82) is 0 Å². The zero-order valence-corrected chi connectivity index (χ0v) is 36.9. The Labute approximate surface area is 337 Å². The summed E-state index contributed by atoms with van der Waals surface area (Å²) in [6.07, 6.45) is 21.7. The van der Waals surface area contributed by atoms with E-state index in [1.165, 1.54) is 64.2 Å². The van der Waals surface area contributed by atoms with Gasteiger partial charge in [0, 0.05) is 19.8 Å². The van der Waals surface area contributed by atoms with Gasteiger partial charge >= 0.3 is 6.09 Å². The Balaban J connectivity index is 2.18. The first-order chi connectivity index (χ1) is 26.7. The first kappa shape index (κ1) is 50.1. The molecule has 2 saturated heterocycles. The van der Waals surface area contributed by atoms with Crippen LogP contribution in [0.15, 0.2) is 0 Å². The van der Waals surface area contributed by atoms with Gasteiger partial charge < -0.3 is 43.2 Å². The average Bonchev–Trinajstić information content (AvgIpc) is 3.48. The van der Waals surface area contributed by atoms with Gasteiger partial charge in [-0.3, -0.25) is 0 Å². The summed E-state index contributed by atoms with van der Waals surface area (Å²) in [5.41, 5.74) is 0. The number of alkyl carbamates (subject to hydrolysis) is 1. The van der Waals surface area contributed by atoms with Gasteiger partial charge in [-0.2, -0.15) is 0 Å². The molecule has 0 saturated carbocycles. The fourth-order valence-corrected chi connectivity index (χ4v) is 7.53. The van der Waals surface area contributed by atoms with Crippen LogP contribution in [-0.4, -0.2) is 93.9 Å². The second-order valence-corrected chi connectivity index (χ2v) is 16.4. The number of ether oxygens (including phenoxy) is 8. The Hall–Kier alpha value is -1.01. The normalized spacial score (nSPS) is 25.6. The average molecular weight is 786 g/mol. The molecule has 5 unspecified atom stereocenters. The molecule has 0 aromatic carbocycles. The Morgan fingerprint density at radius 3 is 1.60 bits per heavy atom. The standard InChI is InChI=1S/C45H87NO9/c1-9-15-20-21-22-23-24-25-26-27-28-29-30-38-39(55-45(7,8)54-38)36(46-44(47)51-34-19-13-5)35-52-43-42(50-33-18-12-4)41(49-32-17-11-3)40(37(14-6)53-43)48-31-16-10-2/h36-43H,9-35H2,1-8H3,(H,46,47)/t36-,37?,38+,39-,40?,41?,42?,43?/m0/s1. The smallest absolute Gasteiger partial charge is 0.407 e. The second-order valence-electron chi connectivity index (χ2n) is 16.4. The number of carbonyl (C=O) groups is 1. The Morgan fingerprint density at radius 2 is 1.05 bits per heavy atom. The Kier molecular flexibility index (Phi) is 28.2. The molecule has 2 heterocycles. The summed E-state index contributed by atoms with van der Waals surface area (Å²) < 4.78 is 51.8. The van der Waals surface area contributed by atoms with Crippen LogP contribution in [0.3, 0.4) is 0 Å². The van der Waals surface area contributed by atoms with Crippen LogP contribution in [0.2, 0.25) is 0 Å². The van der Waals surface area contributed by atoms with E-state index in [2.05, 4.69) is 46.9 Å². The topological polar surface area (TPSA) is 103 Å². The third-order valence-corrected chi connectivity index (χ3v) is 10.9. The molecule has 0 bridgehead atoms. The molecule has 1 amide bonds. The van der Waals surface area contributed by atoms with Gasteiger partial charge in [-0.05, 0) is 52.4 Å². The van der Waals surface area contributed by atoms with Crippen LogP contribution in [0.25, 0.3) is 0 Å². The molecule has 2 aliphatic rings. The van der Waals surface area contributed by atoms with Crippen LogP contribution < -0.4 is 5.32 Å². The molecule has 1 N–H and O–H groups in total. The van der Waals surface area contributed by atoms with E-state index >= 15 is 0 Å². The lowest BCUT2D eigenvalue weighted by atomic mass is 9.96. The Bertz CT molecular complexity index is 923. The summed E-state index contributed by atoms with van der Waals surface area (Å²) in [5, 5.41) is 3.12. The molecule has 0 aromatic heterocycles. The van der Waals surface area contributed by atoms with Crippen molar-refractivity contribution >= 4 is 6.09 Å². The third kappa shape index (κ3) is 20.5. The Morgan fingerprint density at radius 1 is 0.564 bits per heavy atom. The monoisotopic (exact) mass is 786 g/mol. The third-order valence-electron chi connectivity index (χ3n) is 10.9. The minimum Gasteiger partial charge on any atom is -0.450 e. The first-order valence-corrected chi connectivity index (χ1v) is 23.2. The molecule has 0 spiro atoms. The molecule has 0 aliphatic carbocycles. The molecule has 2 rings (SSSR count). The summed E-state index contributed by atoms with van der Waals surface area (Å²) in [4.78, 5) is 13.2.